The Labute approximate surface area is 128 Å². The topological polar surface area (TPSA) is 29.5 Å². The second kappa shape index (κ2) is 5.55. The van der Waals surface area contributed by atoms with E-state index in [4.69, 9.17) is 27.9 Å². The SMILES string of the molecule is O=C(Cc1c(Cl)cccc1Cl)N1CC[C@]2(CCOC2)C1. The number of amides is 1. The largest absolute Gasteiger partial charge is 0.381 e. The van der Waals surface area contributed by atoms with Crippen LogP contribution in [-0.2, 0) is 16.0 Å². The first kappa shape index (κ1) is 14.2. The molecule has 2 fully saturated rings. The van der Waals surface area contributed by atoms with Gasteiger partial charge in [-0.15, -0.1) is 0 Å². The van der Waals surface area contributed by atoms with E-state index in [-0.39, 0.29) is 17.7 Å². The van der Waals surface area contributed by atoms with Gasteiger partial charge in [-0.2, -0.15) is 0 Å². The van der Waals surface area contributed by atoms with Gasteiger partial charge >= 0.3 is 0 Å². The molecule has 3 rings (SSSR count). The van der Waals surface area contributed by atoms with Crippen molar-refractivity contribution in [1.82, 2.24) is 4.90 Å². The summed E-state index contributed by atoms with van der Waals surface area (Å²) in [5, 5.41) is 1.12. The molecule has 1 atom stereocenters. The first-order valence-electron chi connectivity index (χ1n) is 6.88. The fraction of sp³-hybridized carbons (Fsp3) is 0.533. The van der Waals surface area contributed by atoms with Crippen LogP contribution in [0.4, 0.5) is 0 Å². The van der Waals surface area contributed by atoms with Gasteiger partial charge in [0, 0.05) is 35.2 Å². The van der Waals surface area contributed by atoms with E-state index in [1.807, 2.05) is 4.90 Å². The number of hydrogen-bond acceptors (Lipinski definition) is 2. The van der Waals surface area contributed by atoms with Crippen LogP contribution < -0.4 is 0 Å². The molecule has 1 spiro atoms. The molecule has 1 aromatic rings. The van der Waals surface area contributed by atoms with E-state index in [2.05, 4.69) is 0 Å². The Morgan fingerprint density at radius 1 is 1.30 bits per heavy atom. The van der Waals surface area contributed by atoms with Gasteiger partial charge in [0.1, 0.15) is 0 Å². The number of rotatable bonds is 2. The van der Waals surface area contributed by atoms with Crippen LogP contribution in [0.2, 0.25) is 10.0 Å². The number of carbonyl (C=O) groups excluding carboxylic acids is 1. The molecule has 0 N–H and O–H groups in total. The van der Waals surface area contributed by atoms with Crippen molar-refractivity contribution in [3.05, 3.63) is 33.8 Å². The van der Waals surface area contributed by atoms with Crippen LogP contribution in [0.1, 0.15) is 18.4 Å². The zero-order chi connectivity index (χ0) is 14.2. The summed E-state index contributed by atoms with van der Waals surface area (Å²) < 4.78 is 5.49. The lowest BCUT2D eigenvalue weighted by molar-refractivity contribution is -0.129. The smallest absolute Gasteiger partial charge is 0.227 e. The van der Waals surface area contributed by atoms with Crippen molar-refractivity contribution in [2.24, 2.45) is 5.41 Å². The fourth-order valence-corrected chi connectivity index (χ4v) is 3.61. The number of hydrogen-bond donors (Lipinski definition) is 0. The van der Waals surface area contributed by atoms with Crippen molar-refractivity contribution in [1.29, 1.82) is 0 Å². The van der Waals surface area contributed by atoms with Crippen LogP contribution >= 0.6 is 23.2 Å². The van der Waals surface area contributed by atoms with Crippen LogP contribution in [0, 0.1) is 5.41 Å². The molecule has 0 saturated carbocycles. The van der Waals surface area contributed by atoms with Crippen molar-refractivity contribution >= 4 is 29.1 Å². The van der Waals surface area contributed by atoms with Crippen LogP contribution in [-0.4, -0.2) is 37.1 Å². The van der Waals surface area contributed by atoms with Crippen LogP contribution in [0.5, 0.6) is 0 Å². The van der Waals surface area contributed by atoms with Crippen LogP contribution in [0.15, 0.2) is 18.2 Å². The molecule has 2 heterocycles. The zero-order valence-electron chi connectivity index (χ0n) is 11.2. The van der Waals surface area contributed by atoms with E-state index in [0.29, 0.717) is 10.0 Å². The molecule has 0 bridgehead atoms. The number of benzene rings is 1. The molecule has 3 nitrogen and oxygen atoms in total. The van der Waals surface area contributed by atoms with Gasteiger partial charge in [0.05, 0.1) is 13.0 Å². The fourth-order valence-electron chi connectivity index (χ4n) is 3.08. The minimum Gasteiger partial charge on any atom is -0.381 e. The number of nitrogens with zero attached hydrogens (tertiary/aromatic N) is 1. The Kier molecular flexibility index (Phi) is 3.93. The van der Waals surface area contributed by atoms with Crippen molar-refractivity contribution in [2.45, 2.75) is 19.3 Å². The molecule has 0 radical (unpaired) electrons. The third-order valence-corrected chi connectivity index (χ3v) is 5.07. The molecule has 2 aliphatic rings. The van der Waals surface area contributed by atoms with E-state index in [1.54, 1.807) is 18.2 Å². The summed E-state index contributed by atoms with van der Waals surface area (Å²) in [4.78, 5) is 14.4. The number of carbonyl (C=O) groups is 1. The van der Waals surface area contributed by atoms with Gasteiger partial charge in [0.25, 0.3) is 0 Å². The minimum absolute atomic E-state index is 0.101. The van der Waals surface area contributed by atoms with Gasteiger partial charge in [-0.05, 0) is 30.5 Å². The maximum atomic E-state index is 12.4. The minimum atomic E-state index is 0.101. The van der Waals surface area contributed by atoms with Crippen molar-refractivity contribution < 1.29 is 9.53 Å². The molecule has 0 aromatic heterocycles. The molecule has 2 saturated heterocycles. The van der Waals surface area contributed by atoms with Gasteiger partial charge in [-0.1, -0.05) is 29.3 Å². The molecular formula is C15H17Cl2NO2. The molecule has 1 aromatic carbocycles. The first-order chi connectivity index (χ1) is 9.60. The Hall–Kier alpha value is -0.770. The van der Waals surface area contributed by atoms with E-state index in [9.17, 15) is 4.79 Å². The Bertz CT molecular complexity index is 506. The number of likely N-dealkylation sites (tertiary alicyclic amines) is 1. The molecule has 108 valence electrons. The highest BCUT2D eigenvalue weighted by Crippen LogP contribution is 2.38. The summed E-state index contributed by atoms with van der Waals surface area (Å²) in [5.74, 6) is 0.101. The molecule has 20 heavy (non-hydrogen) atoms. The van der Waals surface area contributed by atoms with Gasteiger partial charge in [-0.3, -0.25) is 4.79 Å². The van der Waals surface area contributed by atoms with Crippen molar-refractivity contribution in [2.75, 3.05) is 26.3 Å². The van der Waals surface area contributed by atoms with E-state index < -0.39 is 0 Å². The van der Waals surface area contributed by atoms with Gasteiger partial charge in [0.15, 0.2) is 0 Å². The summed E-state index contributed by atoms with van der Waals surface area (Å²) in [6.07, 6.45) is 2.37. The lowest BCUT2D eigenvalue weighted by atomic mass is 9.87. The lowest BCUT2D eigenvalue weighted by Gasteiger charge is -2.22. The molecule has 2 aliphatic heterocycles. The van der Waals surface area contributed by atoms with Gasteiger partial charge in [0.2, 0.25) is 5.91 Å². The summed E-state index contributed by atoms with van der Waals surface area (Å²) in [6.45, 7) is 3.21. The van der Waals surface area contributed by atoms with Crippen molar-refractivity contribution in [3.8, 4) is 0 Å². The average molecular weight is 314 g/mol. The van der Waals surface area contributed by atoms with Crippen LogP contribution in [0.3, 0.4) is 0 Å². The van der Waals surface area contributed by atoms with Crippen LogP contribution in [0.25, 0.3) is 0 Å². The third kappa shape index (κ3) is 2.67. The normalized spacial score (nSPS) is 25.6. The average Bonchev–Trinajstić information content (AvgIpc) is 3.05. The Morgan fingerprint density at radius 2 is 2.05 bits per heavy atom. The first-order valence-corrected chi connectivity index (χ1v) is 7.64. The highest BCUT2D eigenvalue weighted by atomic mass is 35.5. The zero-order valence-corrected chi connectivity index (χ0v) is 12.7. The lowest BCUT2D eigenvalue weighted by Crippen LogP contribution is -2.33. The summed E-state index contributed by atoms with van der Waals surface area (Å²) >= 11 is 12.3. The third-order valence-electron chi connectivity index (χ3n) is 4.37. The monoisotopic (exact) mass is 313 g/mol. The second-order valence-electron chi connectivity index (χ2n) is 5.74. The van der Waals surface area contributed by atoms with Crippen molar-refractivity contribution in [3.63, 3.8) is 0 Å². The maximum absolute atomic E-state index is 12.4. The second-order valence-corrected chi connectivity index (χ2v) is 6.56. The van der Waals surface area contributed by atoms with E-state index in [0.717, 1.165) is 44.7 Å². The van der Waals surface area contributed by atoms with Gasteiger partial charge in [-0.25, -0.2) is 0 Å². The standard InChI is InChI=1S/C15H17Cl2NO2/c16-12-2-1-3-13(17)11(12)8-14(19)18-6-4-15(9-18)5-7-20-10-15/h1-3H,4-10H2/t15-/m0/s1. The highest BCUT2D eigenvalue weighted by Gasteiger charge is 2.42. The molecular weight excluding hydrogens is 297 g/mol. The number of ether oxygens (including phenoxy) is 1. The molecule has 0 aliphatic carbocycles. The number of halogens is 2. The Morgan fingerprint density at radius 3 is 2.70 bits per heavy atom. The quantitative estimate of drug-likeness (QED) is 0.839. The van der Waals surface area contributed by atoms with E-state index in [1.165, 1.54) is 0 Å². The van der Waals surface area contributed by atoms with Gasteiger partial charge < -0.3 is 9.64 Å². The highest BCUT2D eigenvalue weighted by molar-refractivity contribution is 6.36. The summed E-state index contributed by atoms with van der Waals surface area (Å²) in [6, 6.07) is 5.33. The predicted octanol–water partition coefficient (Wildman–Crippen LogP) is 3.17. The van der Waals surface area contributed by atoms with E-state index >= 15 is 0 Å². The molecule has 1 amide bonds. The maximum Gasteiger partial charge on any atom is 0.227 e. The summed E-state index contributed by atoms with van der Waals surface area (Å²) in [5.41, 5.74) is 0.921. The summed E-state index contributed by atoms with van der Waals surface area (Å²) in [7, 11) is 0. The molecule has 5 heteroatoms. The predicted molar refractivity (Wildman–Crippen MR) is 79.2 cm³/mol. The Balaban J connectivity index is 1.68. The molecule has 0 unspecified atom stereocenters.